The Kier molecular flexibility index (Phi) is 9.31. The fourth-order valence-electron chi connectivity index (χ4n) is 12.0. The van der Waals surface area contributed by atoms with Crippen molar-refractivity contribution in [2.75, 3.05) is 13.1 Å². The number of benzene rings is 1. The molecule has 4 saturated carbocycles. The van der Waals surface area contributed by atoms with Crippen LogP contribution in [0.5, 0.6) is 0 Å². The van der Waals surface area contributed by atoms with Crippen LogP contribution in [-0.2, 0) is 4.79 Å². The highest BCUT2D eigenvalue weighted by Crippen LogP contribution is 2.73. The number of fused-ring (bicyclic) bond motifs is 7. The number of carboxylic acids is 1. The molecule has 0 aliphatic heterocycles. The average molecular weight is 603 g/mol. The molecule has 1 aromatic rings. The van der Waals surface area contributed by atoms with E-state index in [4.69, 9.17) is 5.73 Å². The zero-order valence-electron chi connectivity index (χ0n) is 28.1. The fraction of sp³-hybridized carbons (Fsp3) is 0.692. The van der Waals surface area contributed by atoms with Gasteiger partial charge in [0.05, 0.1) is 11.0 Å². The van der Waals surface area contributed by atoms with Crippen LogP contribution < -0.4 is 11.1 Å². The highest BCUT2D eigenvalue weighted by atomic mass is 16.4. The largest absolute Gasteiger partial charge is 0.478 e. The molecule has 1 aromatic carbocycles. The summed E-state index contributed by atoms with van der Waals surface area (Å²) in [5, 5.41) is 12.7. The Morgan fingerprint density at radius 1 is 0.955 bits per heavy atom. The molecule has 0 bridgehead atoms. The van der Waals surface area contributed by atoms with Gasteiger partial charge in [0.25, 0.3) is 0 Å². The molecule has 242 valence electrons. The van der Waals surface area contributed by atoms with Crippen molar-refractivity contribution in [3.63, 3.8) is 0 Å². The molecule has 8 unspecified atom stereocenters. The quantitative estimate of drug-likeness (QED) is 0.225. The number of carbonyl (C=O) groups is 2. The van der Waals surface area contributed by atoms with Gasteiger partial charge in [-0.15, -0.1) is 6.58 Å². The summed E-state index contributed by atoms with van der Waals surface area (Å²) in [6.07, 6.45) is 17.1. The number of carboxylic acid groups (broad SMARTS) is 1. The van der Waals surface area contributed by atoms with Crippen LogP contribution in [0.1, 0.15) is 121 Å². The average Bonchev–Trinajstić information content (AvgIpc) is 3.43. The SMILES string of the molecule is C=CC.CC1(C)C(c2ccc(C(=O)O)cc2)=CCC2(C)C1CCC1(C)C3CCC4(C(=O)NCCCN)CCCC4C3CCC12. The van der Waals surface area contributed by atoms with Gasteiger partial charge in [-0.05, 0) is 147 Å². The van der Waals surface area contributed by atoms with E-state index in [0.717, 1.165) is 31.6 Å². The Hall–Kier alpha value is -2.40. The number of rotatable bonds is 6. The van der Waals surface area contributed by atoms with Crippen molar-refractivity contribution >= 4 is 17.4 Å². The van der Waals surface area contributed by atoms with Crippen LogP contribution in [0.15, 0.2) is 43.0 Å². The summed E-state index contributed by atoms with van der Waals surface area (Å²) in [7, 11) is 0. The van der Waals surface area contributed by atoms with Crippen LogP contribution in [0.25, 0.3) is 5.57 Å². The molecule has 5 aliphatic rings. The topological polar surface area (TPSA) is 92.4 Å². The minimum absolute atomic E-state index is 0.0324. The van der Waals surface area contributed by atoms with Gasteiger partial charge in [-0.2, -0.15) is 0 Å². The third-order valence-electron chi connectivity index (χ3n) is 13.7. The van der Waals surface area contributed by atoms with Crippen molar-refractivity contribution in [2.45, 2.75) is 105 Å². The van der Waals surface area contributed by atoms with Crippen molar-refractivity contribution in [2.24, 2.45) is 57.0 Å². The maximum Gasteiger partial charge on any atom is 0.335 e. The number of aromatic carboxylic acids is 1. The third-order valence-corrected chi connectivity index (χ3v) is 13.7. The van der Waals surface area contributed by atoms with Gasteiger partial charge in [0, 0.05) is 6.54 Å². The van der Waals surface area contributed by atoms with Gasteiger partial charge >= 0.3 is 5.97 Å². The second-order valence-electron chi connectivity index (χ2n) is 15.9. The Morgan fingerprint density at radius 3 is 2.32 bits per heavy atom. The molecule has 0 saturated heterocycles. The first kappa shape index (κ1) is 33.0. The predicted octanol–water partition coefficient (Wildman–Crippen LogP) is 8.50. The molecular formula is C39H58N2O3. The van der Waals surface area contributed by atoms with Gasteiger partial charge in [-0.1, -0.05) is 58.4 Å². The molecule has 6 rings (SSSR count). The van der Waals surface area contributed by atoms with E-state index in [1.54, 1.807) is 18.2 Å². The molecule has 4 N–H and O–H groups in total. The van der Waals surface area contributed by atoms with E-state index in [-0.39, 0.29) is 16.2 Å². The van der Waals surface area contributed by atoms with Crippen molar-refractivity contribution in [3.05, 3.63) is 54.1 Å². The van der Waals surface area contributed by atoms with E-state index < -0.39 is 5.97 Å². The number of nitrogens with one attached hydrogen (secondary N) is 1. The summed E-state index contributed by atoms with van der Waals surface area (Å²) in [6, 6.07) is 7.54. The zero-order valence-corrected chi connectivity index (χ0v) is 28.1. The maximum atomic E-state index is 13.6. The molecule has 8 atom stereocenters. The Morgan fingerprint density at radius 2 is 1.66 bits per heavy atom. The number of allylic oxidation sites excluding steroid dienone is 3. The molecule has 4 fully saturated rings. The molecule has 44 heavy (non-hydrogen) atoms. The summed E-state index contributed by atoms with van der Waals surface area (Å²) in [5.74, 6) is 2.73. The second-order valence-corrected chi connectivity index (χ2v) is 15.9. The van der Waals surface area contributed by atoms with Crippen LogP contribution in [0.3, 0.4) is 0 Å². The third kappa shape index (κ3) is 5.19. The van der Waals surface area contributed by atoms with Crippen LogP contribution in [0.2, 0.25) is 0 Å². The molecule has 0 spiro atoms. The highest BCUT2D eigenvalue weighted by Gasteiger charge is 2.66. The van der Waals surface area contributed by atoms with E-state index in [9.17, 15) is 14.7 Å². The van der Waals surface area contributed by atoms with Crippen molar-refractivity contribution < 1.29 is 14.7 Å². The number of nitrogens with two attached hydrogens (primary N) is 1. The van der Waals surface area contributed by atoms with Crippen molar-refractivity contribution in [1.29, 1.82) is 0 Å². The number of hydrogen-bond donors (Lipinski definition) is 3. The first-order chi connectivity index (χ1) is 20.9. The molecule has 0 heterocycles. The lowest BCUT2D eigenvalue weighted by molar-refractivity contribution is -0.181. The summed E-state index contributed by atoms with van der Waals surface area (Å²) in [6.45, 7) is 16.7. The first-order valence-electron chi connectivity index (χ1n) is 17.5. The highest BCUT2D eigenvalue weighted by molar-refractivity contribution is 5.88. The van der Waals surface area contributed by atoms with Crippen molar-refractivity contribution in [3.8, 4) is 0 Å². The monoisotopic (exact) mass is 602 g/mol. The fourth-order valence-corrected chi connectivity index (χ4v) is 12.0. The lowest BCUT2D eigenvalue weighted by Gasteiger charge is -2.68. The summed E-state index contributed by atoms with van der Waals surface area (Å²) in [4.78, 5) is 25.1. The van der Waals surface area contributed by atoms with Crippen LogP contribution in [-0.4, -0.2) is 30.1 Å². The smallest absolute Gasteiger partial charge is 0.335 e. The van der Waals surface area contributed by atoms with Gasteiger partial charge in [0.15, 0.2) is 0 Å². The number of carbonyl (C=O) groups excluding carboxylic acids is 1. The normalized spacial score (nSPS) is 38.3. The molecular weight excluding hydrogens is 544 g/mol. The summed E-state index contributed by atoms with van der Waals surface area (Å²) >= 11 is 0. The van der Waals surface area contributed by atoms with E-state index in [1.165, 1.54) is 56.1 Å². The molecule has 5 heteroatoms. The van der Waals surface area contributed by atoms with Crippen molar-refractivity contribution in [1.82, 2.24) is 5.32 Å². The van der Waals surface area contributed by atoms with Gasteiger partial charge in [-0.3, -0.25) is 4.79 Å². The minimum Gasteiger partial charge on any atom is -0.478 e. The van der Waals surface area contributed by atoms with Crippen LogP contribution in [0.4, 0.5) is 0 Å². The first-order valence-corrected chi connectivity index (χ1v) is 17.5. The lowest BCUT2D eigenvalue weighted by atomic mass is 9.36. The summed E-state index contributed by atoms with van der Waals surface area (Å²) < 4.78 is 0. The Labute approximate surface area is 266 Å². The zero-order chi connectivity index (χ0) is 31.9. The Balaban J connectivity index is 0.00000123. The van der Waals surface area contributed by atoms with Gasteiger partial charge < -0.3 is 16.2 Å². The van der Waals surface area contributed by atoms with Gasteiger partial charge in [0.1, 0.15) is 0 Å². The molecule has 5 aliphatic carbocycles. The van der Waals surface area contributed by atoms with E-state index >= 15 is 0 Å². The van der Waals surface area contributed by atoms with E-state index in [0.29, 0.717) is 53.6 Å². The Bertz CT molecular complexity index is 1270. The second kappa shape index (κ2) is 12.4. The van der Waals surface area contributed by atoms with Gasteiger partial charge in [-0.25, -0.2) is 4.79 Å². The maximum absolute atomic E-state index is 13.6. The molecule has 0 radical (unpaired) electrons. The van der Waals surface area contributed by atoms with E-state index in [2.05, 4.69) is 45.7 Å². The predicted molar refractivity (Wildman–Crippen MR) is 180 cm³/mol. The van der Waals surface area contributed by atoms with Crippen LogP contribution >= 0.6 is 0 Å². The molecule has 1 amide bonds. The number of hydrogen-bond acceptors (Lipinski definition) is 3. The molecule has 5 nitrogen and oxygen atoms in total. The standard InChI is InChI=1S/C36H52N2O3.C3H6/c1-33(2)26(23-8-10-24(11-9-23)31(39)40)14-18-35(4)29(33)16-19-34(3)27-15-20-36(32(41)38-22-6-21-37)17-5-7-28(36)25(27)12-13-30(34)35;1-3-2/h8-11,14,25,27-30H,5-7,12-13,15-22,37H2,1-4H3,(H,38,41)(H,39,40);3H,1H2,2H3. The molecule has 0 aromatic heterocycles. The van der Waals surface area contributed by atoms with Crippen LogP contribution in [0, 0.1) is 51.2 Å². The number of amides is 1. The lowest BCUT2D eigenvalue weighted by Crippen LogP contribution is -2.62. The summed E-state index contributed by atoms with van der Waals surface area (Å²) in [5.41, 5.74) is 9.12. The minimum atomic E-state index is -0.868. The van der Waals surface area contributed by atoms with E-state index in [1.807, 2.05) is 19.1 Å². The van der Waals surface area contributed by atoms with Gasteiger partial charge in [0.2, 0.25) is 5.91 Å².